The number of rotatable bonds is 4. The third kappa shape index (κ3) is 2.83. The van der Waals surface area contributed by atoms with Crippen molar-refractivity contribution in [3.63, 3.8) is 0 Å². The number of nitrogens with one attached hydrogen (secondary N) is 1. The normalized spacial score (nSPS) is 10.7. The molecule has 6 heteroatoms. The van der Waals surface area contributed by atoms with Crippen LogP contribution in [0.1, 0.15) is 22.5 Å². The first-order chi connectivity index (χ1) is 8.99. The van der Waals surface area contributed by atoms with E-state index >= 15 is 0 Å². The fourth-order valence-electron chi connectivity index (χ4n) is 2.09. The summed E-state index contributed by atoms with van der Waals surface area (Å²) in [5.41, 5.74) is 3.98. The van der Waals surface area contributed by atoms with Gasteiger partial charge in [0.15, 0.2) is 0 Å². The van der Waals surface area contributed by atoms with E-state index in [-0.39, 0.29) is 5.91 Å². The van der Waals surface area contributed by atoms with Crippen LogP contribution in [-0.4, -0.2) is 37.8 Å². The third-order valence-corrected chi connectivity index (χ3v) is 3.39. The Morgan fingerprint density at radius 1 is 1.47 bits per heavy atom. The second kappa shape index (κ2) is 5.26. The van der Waals surface area contributed by atoms with Gasteiger partial charge in [-0.2, -0.15) is 10.2 Å². The minimum absolute atomic E-state index is 0.0837. The zero-order valence-corrected chi connectivity index (χ0v) is 11.8. The Morgan fingerprint density at radius 3 is 2.74 bits per heavy atom. The van der Waals surface area contributed by atoms with Crippen LogP contribution >= 0.6 is 0 Å². The van der Waals surface area contributed by atoms with Gasteiger partial charge in [0.1, 0.15) is 0 Å². The summed E-state index contributed by atoms with van der Waals surface area (Å²) in [7, 11) is 3.70. The second-order valence-corrected chi connectivity index (χ2v) is 4.81. The monoisotopic (exact) mass is 261 g/mol. The average Bonchev–Trinajstić information content (AvgIpc) is 2.94. The molecule has 2 aromatic heterocycles. The molecule has 1 N–H and O–H groups in total. The van der Waals surface area contributed by atoms with Gasteiger partial charge in [0.2, 0.25) is 5.91 Å². The molecule has 102 valence electrons. The van der Waals surface area contributed by atoms with E-state index in [9.17, 15) is 4.79 Å². The van der Waals surface area contributed by atoms with Crippen LogP contribution in [0.3, 0.4) is 0 Å². The minimum atomic E-state index is 0.0837. The van der Waals surface area contributed by atoms with Crippen LogP contribution in [0.2, 0.25) is 0 Å². The summed E-state index contributed by atoms with van der Waals surface area (Å²) in [5, 5.41) is 10.9. The predicted molar refractivity (Wildman–Crippen MR) is 71.4 cm³/mol. The molecule has 0 unspecified atom stereocenters. The molecule has 6 nitrogen and oxygen atoms in total. The largest absolute Gasteiger partial charge is 0.341 e. The van der Waals surface area contributed by atoms with Crippen molar-refractivity contribution in [1.29, 1.82) is 0 Å². The highest BCUT2D eigenvalue weighted by Crippen LogP contribution is 2.14. The van der Waals surface area contributed by atoms with Crippen LogP contribution in [-0.2, 0) is 24.8 Å². The standard InChI is InChI=1S/C13H19N5O/c1-9-12(10(2)18(4)16-9)5-13(19)17(3)8-11-6-14-15-7-11/h6-7H,5,8H2,1-4H3,(H,14,15). The first-order valence-electron chi connectivity index (χ1n) is 6.19. The lowest BCUT2D eigenvalue weighted by Crippen LogP contribution is -2.27. The van der Waals surface area contributed by atoms with Crippen LogP contribution in [0.25, 0.3) is 0 Å². The van der Waals surface area contributed by atoms with Gasteiger partial charge in [-0.05, 0) is 13.8 Å². The Bertz CT molecular complexity index is 570. The topological polar surface area (TPSA) is 66.8 Å². The van der Waals surface area contributed by atoms with E-state index in [1.54, 1.807) is 24.3 Å². The van der Waals surface area contributed by atoms with Gasteiger partial charge in [0.05, 0.1) is 18.3 Å². The first-order valence-corrected chi connectivity index (χ1v) is 6.19. The molecule has 19 heavy (non-hydrogen) atoms. The Kier molecular flexibility index (Phi) is 3.69. The highest BCUT2D eigenvalue weighted by molar-refractivity contribution is 5.79. The molecule has 0 saturated carbocycles. The number of carbonyl (C=O) groups is 1. The average molecular weight is 261 g/mol. The number of H-pyrrole nitrogens is 1. The smallest absolute Gasteiger partial charge is 0.227 e. The molecule has 0 aliphatic carbocycles. The highest BCUT2D eigenvalue weighted by atomic mass is 16.2. The van der Waals surface area contributed by atoms with Crippen molar-refractivity contribution in [3.05, 3.63) is 34.9 Å². The summed E-state index contributed by atoms with van der Waals surface area (Å²) in [5.74, 6) is 0.0837. The predicted octanol–water partition coefficient (Wildman–Crippen LogP) is 0.961. The van der Waals surface area contributed by atoms with Crippen LogP contribution in [0.4, 0.5) is 0 Å². The van der Waals surface area contributed by atoms with Crippen LogP contribution in [0.5, 0.6) is 0 Å². The van der Waals surface area contributed by atoms with Gasteiger partial charge >= 0.3 is 0 Å². The van der Waals surface area contributed by atoms with Crippen LogP contribution in [0.15, 0.2) is 12.4 Å². The van der Waals surface area contributed by atoms with Gasteiger partial charge in [0.25, 0.3) is 0 Å². The van der Waals surface area contributed by atoms with E-state index in [1.807, 2.05) is 25.6 Å². The zero-order chi connectivity index (χ0) is 14.0. The first kappa shape index (κ1) is 13.3. The zero-order valence-electron chi connectivity index (χ0n) is 11.8. The summed E-state index contributed by atoms with van der Waals surface area (Å²) in [4.78, 5) is 13.9. The molecule has 0 spiro atoms. The van der Waals surface area contributed by atoms with Gasteiger partial charge in [0, 0.05) is 43.7 Å². The van der Waals surface area contributed by atoms with E-state index in [0.29, 0.717) is 13.0 Å². The lowest BCUT2D eigenvalue weighted by atomic mass is 10.1. The Morgan fingerprint density at radius 2 is 2.21 bits per heavy atom. The molecular weight excluding hydrogens is 242 g/mol. The van der Waals surface area contributed by atoms with Gasteiger partial charge in [-0.25, -0.2) is 0 Å². The maximum Gasteiger partial charge on any atom is 0.227 e. The lowest BCUT2D eigenvalue weighted by Gasteiger charge is -2.16. The molecule has 0 radical (unpaired) electrons. The number of hydrogen-bond donors (Lipinski definition) is 1. The van der Waals surface area contributed by atoms with E-state index in [0.717, 1.165) is 22.5 Å². The quantitative estimate of drug-likeness (QED) is 0.891. The van der Waals surface area contributed by atoms with E-state index < -0.39 is 0 Å². The number of aromatic nitrogens is 4. The summed E-state index contributed by atoms with van der Waals surface area (Å²) < 4.78 is 1.81. The number of amides is 1. The van der Waals surface area contributed by atoms with Gasteiger partial charge in [-0.3, -0.25) is 14.6 Å². The maximum atomic E-state index is 12.2. The number of likely N-dealkylation sites (N-methyl/N-ethyl adjacent to an activating group) is 1. The molecule has 0 bridgehead atoms. The number of nitrogens with zero attached hydrogens (tertiary/aromatic N) is 4. The molecule has 0 saturated heterocycles. The van der Waals surface area contributed by atoms with E-state index in [4.69, 9.17) is 0 Å². The SMILES string of the molecule is Cc1nn(C)c(C)c1CC(=O)N(C)Cc1cn[nH]c1. The highest BCUT2D eigenvalue weighted by Gasteiger charge is 2.16. The van der Waals surface area contributed by atoms with Gasteiger partial charge in [-0.1, -0.05) is 0 Å². The summed E-state index contributed by atoms with van der Waals surface area (Å²) >= 11 is 0. The molecule has 0 aliphatic heterocycles. The molecule has 1 amide bonds. The van der Waals surface area contributed by atoms with Crippen molar-refractivity contribution in [1.82, 2.24) is 24.9 Å². The fourth-order valence-corrected chi connectivity index (χ4v) is 2.09. The molecule has 2 heterocycles. The summed E-state index contributed by atoms with van der Waals surface area (Å²) in [6.45, 7) is 4.48. The van der Waals surface area contributed by atoms with E-state index in [2.05, 4.69) is 15.3 Å². The molecule has 2 rings (SSSR count). The van der Waals surface area contributed by atoms with Crippen molar-refractivity contribution in [3.8, 4) is 0 Å². The molecule has 0 aromatic carbocycles. The molecule has 0 atom stereocenters. The molecule has 2 aromatic rings. The number of carbonyl (C=O) groups excluding carboxylic acids is 1. The van der Waals surface area contributed by atoms with Gasteiger partial charge < -0.3 is 4.90 Å². The second-order valence-electron chi connectivity index (χ2n) is 4.81. The minimum Gasteiger partial charge on any atom is -0.341 e. The number of aromatic amines is 1. The molecular formula is C13H19N5O. The number of hydrogen-bond acceptors (Lipinski definition) is 3. The number of aryl methyl sites for hydroxylation is 2. The van der Waals surface area contributed by atoms with Crippen molar-refractivity contribution in [2.24, 2.45) is 7.05 Å². The van der Waals surface area contributed by atoms with Crippen LogP contribution < -0.4 is 0 Å². The molecule has 0 fully saturated rings. The van der Waals surface area contributed by atoms with Crippen molar-refractivity contribution >= 4 is 5.91 Å². The van der Waals surface area contributed by atoms with Crippen molar-refractivity contribution < 1.29 is 4.79 Å². The van der Waals surface area contributed by atoms with E-state index in [1.165, 1.54) is 0 Å². The summed E-state index contributed by atoms with van der Waals surface area (Å²) in [6, 6.07) is 0. The van der Waals surface area contributed by atoms with Crippen LogP contribution in [0, 0.1) is 13.8 Å². The van der Waals surface area contributed by atoms with Crippen molar-refractivity contribution in [2.75, 3.05) is 7.05 Å². The third-order valence-electron chi connectivity index (χ3n) is 3.39. The van der Waals surface area contributed by atoms with Crippen molar-refractivity contribution in [2.45, 2.75) is 26.8 Å². The maximum absolute atomic E-state index is 12.2. The Hall–Kier alpha value is -2.11. The molecule has 0 aliphatic rings. The Balaban J connectivity index is 2.04. The van der Waals surface area contributed by atoms with Gasteiger partial charge in [-0.15, -0.1) is 0 Å². The fraction of sp³-hybridized carbons (Fsp3) is 0.462. The Labute approximate surface area is 112 Å². The summed E-state index contributed by atoms with van der Waals surface area (Å²) in [6.07, 6.45) is 3.91. The lowest BCUT2D eigenvalue weighted by molar-refractivity contribution is -0.129.